The van der Waals surface area contributed by atoms with E-state index in [1.807, 2.05) is 0 Å². The average Bonchev–Trinajstić information content (AvgIpc) is 3.19. The normalized spacial score (nSPS) is 11.2. The predicted octanol–water partition coefficient (Wildman–Crippen LogP) is 5.04. The van der Waals surface area contributed by atoms with Gasteiger partial charge in [0.1, 0.15) is 22.8 Å². The number of aromatic nitrogens is 3. The van der Waals surface area contributed by atoms with Crippen LogP contribution in [0.1, 0.15) is 28.0 Å². The maximum atomic E-state index is 14.0. The van der Waals surface area contributed by atoms with Crippen molar-refractivity contribution in [2.24, 2.45) is 0 Å². The third-order valence-corrected chi connectivity index (χ3v) is 4.72. The zero-order valence-corrected chi connectivity index (χ0v) is 16.6. The summed E-state index contributed by atoms with van der Waals surface area (Å²) in [4.78, 5) is 17.2. The van der Waals surface area contributed by atoms with Crippen molar-refractivity contribution in [2.45, 2.75) is 13.3 Å². The van der Waals surface area contributed by atoms with Crippen LogP contribution in [-0.2, 0) is 0 Å². The molecule has 31 heavy (non-hydrogen) atoms. The molecular formula is C22H17F3N4O2. The molecule has 0 saturated heterocycles. The van der Waals surface area contributed by atoms with E-state index in [-0.39, 0.29) is 22.6 Å². The summed E-state index contributed by atoms with van der Waals surface area (Å²) < 4.78 is 47.5. The second kappa shape index (κ2) is 8.10. The van der Waals surface area contributed by atoms with Crippen LogP contribution in [0.4, 0.5) is 18.9 Å². The molecule has 9 heteroatoms. The van der Waals surface area contributed by atoms with E-state index < -0.39 is 23.8 Å². The Balaban J connectivity index is 1.80. The van der Waals surface area contributed by atoms with Crippen molar-refractivity contribution >= 4 is 17.2 Å². The van der Waals surface area contributed by atoms with Gasteiger partial charge in [-0.3, -0.25) is 4.79 Å². The van der Waals surface area contributed by atoms with Gasteiger partial charge in [0.15, 0.2) is 5.65 Å². The number of hydrogen-bond acceptors (Lipinski definition) is 4. The maximum absolute atomic E-state index is 14.0. The van der Waals surface area contributed by atoms with E-state index in [2.05, 4.69) is 15.4 Å². The van der Waals surface area contributed by atoms with Gasteiger partial charge in [0.25, 0.3) is 12.3 Å². The number of benzene rings is 2. The molecule has 0 aliphatic rings. The smallest absolute Gasteiger partial charge is 0.280 e. The van der Waals surface area contributed by atoms with E-state index in [9.17, 15) is 18.0 Å². The number of amides is 1. The molecule has 0 fully saturated rings. The number of halogens is 3. The first-order valence-electron chi connectivity index (χ1n) is 9.26. The molecule has 0 spiro atoms. The topological polar surface area (TPSA) is 68.5 Å². The molecular weight excluding hydrogens is 409 g/mol. The van der Waals surface area contributed by atoms with Gasteiger partial charge in [-0.2, -0.15) is 5.10 Å². The Hall–Kier alpha value is -3.88. The zero-order valence-electron chi connectivity index (χ0n) is 16.6. The third kappa shape index (κ3) is 3.94. The van der Waals surface area contributed by atoms with Gasteiger partial charge >= 0.3 is 0 Å². The van der Waals surface area contributed by atoms with Gasteiger partial charge in [0.05, 0.1) is 24.7 Å². The van der Waals surface area contributed by atoms with Crippen LogP contribution in [0.15, 0.2) is 54.7 Å². The van der Waals surface area contributed by atoms with E-state index in [0.29, 0.717) is 11.3 Å². The highest BCUT2D eigenvalue weighted by Gasteiger charge is 2.22. The standard InChI is InChI=1S/C22H17F3N4O2/c1-12-3-8-16(23)18(9-12)28-22(30)15-11-26-29-19(20(24)25)10-17(27-21(15)29)13-4-6-14(31-2)7-5-13/h3-11,20H,1-2H3,(H,28,30). The van der Waals surface area contributed by atoms with E-state index in [4.69, 9.17) is 4.74 Å². The van der Waals surface area contributed by atoms with Crippen molar-refractivity contribution in [3.63, 3.8) is 0 Å². The summed E-state index contributed by atoms with van der Waals surface area (Å²) in [6, 6.07) is 12.2. The average molecular weight is 426 g/mol. The monoisotopic (exact) mass is 426 g/mol. The molecule has 0 aliphatic heterocycles. The van der Waals surface area contributed by atoms with Crippen LogP contribution in [0.3, 0.4) is 0 Å². The summed E-state index contributed by atoms with van der Waals surface area (Å²) in [6.07, 6.45) is -1.72. The van der Waals surface area contributed by atoms with Gasteiger partial charge in [-0.15, -0.1) is 0 Å². The molecule has 0 saturated carbocycles. The minimum Gasteiger partial charge on any atom is -0.497 e. The second-order valence-corrected chi connectivity index (χ2v) is 6.83. The van der Waals surface area contributed by atoms with Crippen LogP contribution >= 0.6 is 0 Å². The summed E-state index contributed by atoms with van der Waals surface area (Å²) in [6.45, 7) is 1.75. The fourth-order valence-corrected chi connectivity index (χ4v) is 3.14. The van der Waals surface area contributed by atoms with Gasteiger partial charge in [-0.05, 0) is 55.0 Å². The molecule has 2 aromatic heterocycles. The van der Waals surface area contributed by atoms with Crippen molar-refractivity contribution in [3.05, 3.63) is 77.4 Å². The summed E-state index contributed by atoms with van der Waals surface area (Å²) in [5.41, 5.74) is 0.981. The Morgan fingerprint density at radius 3 is 2.55 bits per heavy atom. The van der Waals surface area contributed by atoms with Crippen LogP contribution < -0.4 is 10.1 Å². The molecule has 1 N–H and O–H groups in total. The molecule has 0 aliphatic carbocycles. The highest BCUT2D eigenvalue weighted by molar-refractivity contribution is 6.08. The SMILES string of the molecule is COc1ccc(-c2cc(C(F)F)n3ncc(C(=O)Nc4cc(C)ccc4F)c3n2)cc1. The fourth-order valence-electron chi connectivity index (χ4n) is 3.14. The van der Waals surface area contributed by atoms with Gasteiger partial charge < -0.3 is 10.1 Å². The third-order valence-electron chi connectivity index (χ3n) is 4.72. The van der Waals surface area contributed by atoms with Crippen LogP contribution in [0.5, 0.6) is 5.75 Å². The summed E-state index contributed by atoms with van der Waals surface area (Å²) >= 11 is 0. The molecule has 2 heterocycles. The Kier molecular flexibility index (Phi) is 5.33. The van der Waals surface area contributed by atoms with Crippen LogP contribution in [0.25, 0.3) is 16.9 Å². The van der Waals surface area contributed by atoms with Crippen molar-refractivity contribution in [3.8, 4) is 17.0 Å². The Morgan fingerprint density at radius 1 is 1.13 bits per heavy atom. The molecule has 4 aromatic rings. The van der Waals surface area contributed by atoms with Gasteiger partial charge in [-0.25, -0.2) is 22.7 Å². The van der Waals surface area contributed by atoms with Gasteiger partial charge in [0.2, 0.25) is 0 Å². The summed E-state index contributed by atoms with van der Waals surface area (Å²) in [5.74, 6) is -0.724. The number of nitrogens with one attached hydrogen (secondary N) is 1. The number of hydrogen-bond donors (Lipinski definition) is 1. The van der Waals surface area contributed by atoms with Crippen LogP contribution in [0.2, 0.25) is 0 Å². The van der Waals surface area contributed by atoms with Crippen molar-refractivity contribution in [1.29, 1.82) is 0 Å². The highest BCUT2D eigenvalue weighted by atomic mass is 19.3. The lowest BCUT2D eigenvalue weighted by Gasteiger charge is -2.10. The minimum absolute atomic E-state index is 0.0234. The van der Waals surface area contributed by atoms with Gasteiger partial charge in [0, 0.05) is 5.56 Å². The minimum atomic E-state index is -2.85. The molecule has 0 atom stereocenters. The Morgan fingerprint density at radius 2 is 1.87 bits per heavy atom. The summed E-state index contributed by atoms with van der Waals surface area (Å²) in [5, 5.41) is 6.36. The first kappa shape index (κ1) is 20.4. The predicted molar refractivity (Wildman–Crippen MR) is 109 cm³/mol. The first-order valence-corrected chi connectivity index (χ1v) is 9.26. The number of fused-ring (bicyclic) bond motifs is 1. The van der Waals surface area contributed by atoms with Crippen molar-refractivity contribution in [1.82, 2.24) is 14.6 Å². The molecule has 0 unspecified atom stereocenters. The Bertz CT molecular complexity index is 1270. The number of aryl methyl sites for hydroxylation is 1. The quantitative estimate of drug-likeness (QED) is 0.485. The highest BCUT2D eigenvalue weighted by Crippen LogP contribution is 2.28. The number of rotatable bonds is 5. The van der Waals surface area contributed by atoms with E-state index in [1.54, 1.807) is 37.3 Å². The van der Waals surface area contributed by atoms with E-state index in [1.165, 1.54) is 25.3 Å². The second-order valence-electron chi connectivity index (χ2n) is 6.83. The number of anilines is 1. The lowest BCUT2D eigenvalue weighted by molar-refractivity contribution is 0.102. The molecule has 1 amide bonds. The fraction of sp³-hybridized carbons (Fsp3) is 0.136. The molecule has 4 rings (SSSR count). The Labute approximate surface area is 175 Å². The van der Waals surface area contributed by atoms with E-state index >= 15 is 0 Å². The van der Waals surface area contributed by atoms with Crippen molar-refractivity contribution in [2.75, 3.05) is 12.4 Å². The number of ether oxygens (including phenoxy) is 1. The van der Waals surface area contributed by atoms with Crippen LogP contribution in [-0.4, -0.2) is 27.6 Å². The first-order chi connectivity index (χ1) is 14.9. The molecule has 158 valence electrons. The zero-order chi connectivity index (χ0) is 22.1. The maximum Gasteiger partial charge on any atom is 0.280 e. The molecule has 2 aromatic carbocycles. The van der Waals surface area contributed by atoms with E-state index in [0.717, 1.165) is 16.3 Å². The number of methoxy groups -OCH3 is 1. The number of nitrogens with zero attached hydrogens (tertiary/aromatic N) is 3. The molecule has 6 nitrogen and oxygen atoms in total. The summed E-state index contributed by atoms with van der Waals surface area (Å²) in [7, 11) is 1.52. The lowest BCUT2D eigenvalue weighted by atomic mass is 10.1. The largest absolute Gasteiger partial charge is 0.497 e. The molecule has 0 bridgehead atoms. The number of alkyl halides is 2. The lowest BCUT2D eigenvalue weighted by Crippen LogP contribution is -2.14. The van der Waals surface area contributed by atoms with Crippen molar-refractivity contribution < 1.29 is 22.7 Å². The number of carbonyl (C=O) groups is 1. The van der Waals surface area contributed by atoms with Crippen LogP contribution in [0, 0.1) is 12.7 Å². The number of carbonyl (C=O) groups excluding carboxylic acids is 1. The molecule has 0 radical (unpaired) electrons. The van der Waals surface area contributed by atoms with Gasteiger partial charge in [-0.1, -0.05) is 6.07 Å².